The molecule has 0 aliphatic heterocycles. The summed E-state index contributed by atoms with van der Waals surface area (Å²) in [5.74, 6) is -0.200. The van der Waals surface area contributed by atoms with Crippen molar-refractivity contribution in [2.45, 2.75) is 0 Å². The Kier molecular flexibility index (Phi) is 8.93. The smallest absolute Gasteiger partial charge is 0.251 e. The maximum Gasteiger partial charge on any atom is 0.251 e. The summed E-state index contributed by atoms with van der Waals surface area (Å²) >= 11 is 0. The van der Waals surface area contributed by atoms with Crippen LogP contribution in [0.4, 0.5) is 5.69 Å². The lowest BCUT2D eigenvalue weighted by atomic mass is 10.2. The SMILES string of the molecule is C=CCN(CC=C)C(=O)CNc1ccc(C(=O)NCCOC)cc1. The van der Waals surface area contributed by atoms with Crippen molar-refractivity contribution in [1.82, 2.24) is 10.2 Å². The van der Waals surface area contributed by atoms with E-state index in [1.807, 2.05) is 0 Å². The van der Waals surface area contributed by atoms with Gasteiger partial charge in [-0.3, -0.25) is 9.59 Å². The van der Waals surface area contributed by atoms with Crippen LogP contribution in [0.25, 0.3) is 0 Å². The highest BCUT2D eigenvalue weighted by molar-refractivity contribution is 5.94. The van der Waals surface area contributed by atoms with Crippen molar-refractivity contribution in [2.24, 2.45) is 0 Å². The number of carbonyl (C=O) groups excluding carboxylic acids is 2. The molecular formula is C18H25N3O3. The number of carbonyl (C=O) groups is 2. The van der Waals surface area contributed by atoms with Crippen molar-refractivity contribution in [3.05, 3.63) is 55.1 Å². The molecule has 2 N–H and O–H groups in total. The number of benzene rings is 1. The fourth-order valence-corrected chi connectivity index (χ4v) is 1.99. The summed E-state index contributed by atoms with van der Waals surface area (Å²) in [5.41, 5.74) is 1.33. The molecule has 0 spiro atoms. The Bertz CT molecular complexity index is 545. The Morgan fingerprint density at radius 3 is 2.33 bits per heavy atom. The summed E-state index contributed by atoms with van der Waals surface area (Å²) in [6.07, 6.45) is 3.36. The topological polar surface area (TPSA) is 70.7 Å². The lowest BCUT2D eigenvalue weighted by Crippen LogP contribution is -2.35. The molecule has 0 aromatic heterocycles. The van der Waals surface area contributed by atoms with Gasteiger partial charge >= 0.3 is 0 Å². The third-order valence-corrected chi connectivity index (χ3v) is 3.23. The molecule has 0 atom stereocenters. The van der Waals surface area contributed by atoms with Gasteiger partial charge in [-0.25, -0.2) is 0 Å². The van der Waals surface area contributed by atoms with Crippen molar-refractivity contribution in [1.29, 1.82) is 0 Å². The van der Waals surface area contributed by atoms with Crippen molar-refractivity contribution in [3.8, 4) is 0 Å². The second-order valence-corrected chi connectivity index (χ2v) is 5.06. The van der Waals surface area contributed by atoms with E-state index in [1.54, 1.807) is 48.4 Å². The van der Waals surface area contributed by atoms with Crippen LogP contribution in [0.2, 0.25) is 0 Å². The summed E-state index contributed by atoms with van der Waals surface area (Å²) in [5, 5.41) is 5.80. The highest BCUT2D eigenvalue weighted by Gasteiger charge is 2.10. The number of hydrogen-bond donors (Lipinski definition) is 2. The first-order chi connectivity index (χ1) is 11.6. The van der Waals surface area contributed by atoms with E-state index in [2.05, 4.69) is 23.8 Å². The molecular weight excluding hydrogens is 306 g/mol. The molecule has 0 bridgehead atoms. The van der Waals surface area contributed by atoms with E-state index >= 15 is 0 Å². The van der Waals surface area contributed by atoms with E-state index in [-0.39, 0.29) is 18.4 Å². The maximum absolute atomic E-state index is 12.1. The van der Waals surface area contributed by atoms with Crippen molar-refractivity contribution < 1.29 is 14.3 Å². The Balaban J connectivity index is 2.51. The van der Waals surface area contributed by atoms with Crippen LogP contribution in [-0.4, -0.2) is 56.6 Å². The molecule has 0 fully saturated rings. The number of rotatable bonds is 11. The first-order valence-corrected chi connectivity index (χ1v) is 7.73. The molecule has 1 rings (SSSR count). The lowest BCUT2D eigenvalue weighted by Gasteiger charge is -2.19. The van der Waals surface area contributed by atoms with Crippen molar-refractivity contribution in [3.63, 3.8) is 0 Å². The second-order valence-electron chi connectivity index (χ2n) is 5.06. The highest BCUT2D eigenvalue weighted by Crippen LogP contribution is 2.09. The van der Waals surface area contributed by atoms with Gasteiger partial charge in [0.2, 0.25) is 5.91 Å². The number of methoxy groups -OCH3 is 1. The number of ether oxygens (including phenoxy) is 1. The van der Waals surface area contributed by atoms with Crippen LogP contribution < -0.4 is 10.6 Å². The third kappa shape index (κ3) is 6.66. The van der Waals surface area contributed by atoms with E-state index in [9.17, 15) is 9.59 Å². The normalized spacial score (nSPS) is 9.88. The molecule has 1 aromatic carbocycles. The predicted octanol–water partition coefficient (Wildman–Crippen LogP) is 1.68. The Morgan fingerprint density at radius 2 is 1.79 bits per heavy atom. The monoisotopic (exact) mass is 331 g/mol. The van der Waals surface area contributed by atoms with Gasteiger partial charge in [-0.1, -0.05) is 12.2 Å². The summed E-state index contributed by atoms with van der Waals surface area (Å²) < 4.78 is 4.88. The molecule has 0 saturated heterocycles. The third-order valence-electron chi connectivity index (χ3n) is 3.23. The summed E-state index contributed by atoms with van der Waals surface area (Å²) in [7, 11) is 1.58. The Labute approximate surface area is 143 Å². The van der Waals surface area contributed by atoms with E-state index in [0.717, 1.165) is 5.69 Å². The van der Waals surface area contributed by atoms with Gasteiger partial charge in [-0.15, -0.1) is 13.2 Å². The van der Waals surface area contributed by atoms with E-state index < -0.39 is 0 Å². The summed E-state index contributed by atoms with van der Waals surface area (Å²) in [6, 6.07) is 6.95. The van der Waals surface area contributed by atoms with Crippen LogP contribution in [-0.2, 0) is 9.53 Å². The van der Waals surface area contributed by atoms with Gasteiger partial charge in [0.1, 0.15) is 0 Å². The van der Waals surface area contributed by atoms with Gasteiger partial charge in [-0.2, -0.15) is 0 Å². The lowest BCUT2D eigenvalue weighted by molar-refractivity contribution is -0.128. The van der Waals surface area contributed by atoms with Gasteiger partial charge in [0, 0.05) is 38.0 Å². The minimum atomic E-state index is -0.155. The Hall–Kier alpha value is -2.60. The number of hydrogen-bond acceptors (Lipinski definition) is 4. The number of nitrogens with zero attached hydrogens (tertiary/aromatic N) is 1. The molecule has 0 heterocycles. The first-order valence-electron chi connectivity index (χ1n) is 7.73. The molecule has 2 amide bonds. The molecule has 130 valence electrons. The van der Waals surface area contributed by atoms with E-state index in [0.29, 0.717) is 31.8 Å². The first kappa shape index (κ1) is 19.4. The quantitative estimate of drug-likeness (QED) is 0.478. The van der Waals surface area contributed by atoms with Gasteiger partial charge < -0.3 is 20.3 Å². The van der Waals surface area contributed by atoms with Crippen LogP contribution in [0.15, 0.2) is 49.6 Å². The number of anilines is 1. The Morgan fingerprint density at radius 1 is 1.17 bits per heavy atom. The molecule has 0 aliphatic rings. The molecule has 0 aliphatic carbocycles. The summed E-state index contributed by atoms with van der Waals surface area (Å²) in [4.78, 5) is 25.6. The van der Waals surface area contributed by atoms with Gasteiger partial charge in [-0.05, 0) is 24.3 Å². The number of amides is 2. The number of nitrogens with one attached hydrogen (secondary N) is 2. The fourth-order valence-electron chi connectivity index (χ4n) is 1.99. The van der Waals surface area contributed by atoms with Gasteiger partial charge in [0.25, 0.3) is 5.91 Å². The standard InChI is InChI=1S/C18H25N3O3/c1-4-11-21(12-5-2)17(22)14-20-16-8-6-15(7-9-16)18(23)19-10-13-24-3/h4-9,20H,1-2,10-14H2,3H3,(H,19,23). The zero-order valence-corrected chi connectivity index (χ0v) is 14.1. The van der Waals surface area contributed by atoms with E-state index in [1.165, 1.54) is 0 Å². The van der Waals surface area contributed by atoms with Crippen LogP contribution in [0.1, 0.15) is 10.4 Å². The minimum Gasteiger partial charge on any atom is -0.383 e. The molecule has 0 unspecified atom stereocenters. The molecule has 6 nitrogen and oxygen atoms in total. The molecule has 0 saturated carbocycles. The van der Waals surface area contributed by atoms with Crippen LogP contribution in [0.3, 0.4) is 0 Å². The average molecular weight is 331 g/mol. The van der Waals surface area contributed by atoms with Crippen molar-refractivity contribution >= 4 is 17.5 Å². The zero-order chi connectivity index (χ0) is 17.8. The molecule has 6 heteroatoms. The van der Waals surface area contributed by atoms with E-state index in [4.69, 9.17) is 4.74 Å². The zero-order valence-electron chi connectivity index (χ0n) is 14.1. The highest BCUT2D eigenvalue weighted by atomic mass is 16.5. The predicted molar refractivity (Wildman–Crippen MR) is 96.1 cm³/mol. The second kappa shape index (κ2) is 11.0. The molecule has 1 aromatic rings. The largest absolute Gasteiger partial charge is 0.383 e. The van der Waals surface area contributed by atoms with Gasteiger partial charge in [0.05, 0.1) is 13.2 Å². The van der Waals surface area contributed by atoms with Crippen LogP contribution in [0, 0.1) is 0 Å². The molecule has 24 heavy (non-hydrogen) atoms. The molecule has 0 radical (unpaired) electrons. The fraction of sp³-hybridized carbons (Fsp3) is 0.333. The van der Waals surface area contributed by atoms with Crippen LogP contribution in [0.5, 0.6) is 0 Å². The van der Waals surface area contributed by atoms with Crippen molar-refractivity contribution in [2.75, 3.05) is 45.2 Å². The average Bonchev–Trinajstić information content (AvgIpc) is 2.60. The van der Waals surface area contributed by atoms with Gasteiger partial charge in [0.15, 0.2) is 0 Å². The minimum absolute atomic E-state index is 0.0452. The maximum atomic E-state index is 12.1. The van der Waals surface area contributed by atoms with Crippen LogP contribution >= 0.6 is 0 Å². The summed E-state index contributed by atoms with van der Waals surface area (Å²) in [6.45, 7) is 9.35.